The van der Waals surface area contributed by atoms with Crippen molar-refractivity contribution in [3.05, 3.63) is 84.2 Å². The van der Waals surface area contributed by atoms with Gasteiger partial charge in [-0.3, -0.25) is 0 Å². The molecule has 126 valence electrons. The first-order valence-electron chi connectivity index (χ1n) is 8.51. The van der Waals surface area contributed by atoms with E-state index in [1.165, 1.54) is 0 Å². The Morgan fingerprint density at radius 1 is 0.538 bits per heavy atom. The molecule has 0 saturated heterocycles. The van der Waals surface area contributed by atoms with Crippen LogP contribution in [0.3, 0.4) is 0 Å². The summed E-state index contributed by atoms with van der Waals surface area (Å²) >= 11 is 0. The summed E-state index contributed by atoms with van der Waals surface area (Å²) in [6.45, 7) is 4.02. The predicted molar refractivity (Wildman–Crippen MR) is 103 cm³/mol. The molecule has 4 rings (SSSR count). The van der Waals surface area contributed by atoms with Crippen LogP contribution >= 0.6 is 0 Å². The van der Waals surface area contributed by atoms with E-state index in [-0.39, 0.29) is 0 Å². The average molecular weight is 338 g/mol. The van der Waals surface area contributed by atoms with Gasteiger partial charge in [-0.15, -0.1) is 0 Å². The van der Waals surface area contributed by atoms with E-state index in [4.69, 9.17) is 9.97 Å². The van der Waals surface area contributed by atoms with Crippen LogP contribution in [-0.4, -0.2) is 19.9 Å². The number of aryl methyl sites for hydroxylation is 2. The summed E-state index contributed by atoms with van der Waals surface area (Å²) in [6, 6.07) is 20.0. The van der Waals surface area contributed by atoms with Gasteiger partial charge in [-0.25, -0.2) is 19.9 Å². The molecule has 0 atom stereocenters. The summed E-state index contributed by atoms with van der Waals surface area (Å²) in [5.74, 6) is 1.40. The van der Waals surface area contributed by atoms with Crippen LogP contribution in [0.15, 0.2) is 73.1 Å². The molecule has 0 spiro atoms. The Balaban J connectivity index is 1.85. The normalized spacial score (nSPS) is 10.7. The molecule has 26 heavy (non-hydrogen) atoms. The molecule has 4 aromatic rings. The zero-order valence-corrected chi connectivity index (χ0v) is 14.7. The van der Waals surface area contributed by atoms with Crippen LogP contribution in [0.2, 0.25) is 0 Å². The Kier molecular flexibility index (Phi) is 4.23. The number of hydrogen-bond acceptors (Lipinski definition) is 4. The SMILES string of the molecule is Cc1cnc(-c2ccccc2)nc1-c1nc(-c2ccccc2)ncc1C. The van der Waals surface area contributed by atoms with Gasteiger partial charge in [0, 0.05) is 23.5 Å². The molecule has 0 N–H and O–H groups in total. The second-order valence-electron chi connectivity index (χ2n) is 6.18. The zero-order valence-electron chi connectivity index (χ0n) is 14.7. The molecule has 0 aliphatic heterocycles. The van der Waals surface area contributed by atoms with Crippen molar-refractivity contribution in [2.24, 2.45) is 0 Å². The van der Waals surface area contributed by atoms with Crippen LogP contribution in [0, 0.1) is 13.8 Å². The summed E-state index contributed by atoms with van der Waals surface area (Å²) in [7, 11) is 0. The Labute approximate surface area is 152 Å². The van der Waals surface area contributed by atoms with Crippen LogP contribution < -0.4 is 0 Å². The Hall–Kier alpha value is -3.40. The maximum Gasteiger partial charge on any atom is 0.159 e. The van der Waals surface area contributed by atoms with Gasteiger partial charge in [0.25, 0.3) is 0 Å². The van der Waals surface area contributed by atoms with Gasteiger partial charge in [-0.1, -0.05) is 60.7 Å². The number of nitrogens with zero attached hydrogens (tertiary/aromatic N) is 4. The third kappa shape index (κ3) is 3.09. The van der Waals surface area contributed by atoms with Gasteiger partial charge in [0.05, 0.1) is 11.4 Å². The van der Waals surface area contributed by atoms with E-state index in [0.717, 1.165) is 33.6 Å². The standard InChI is InChI=1S/C22H18N4/c1-15-13-23-21(17-9-5-3-6-10-17)25-19(15)20-16(2)14-24-22(26-20)18-11-7-4-8-12-18/h3-14H,1-2H3. The predicted octanol–water partition coefficient (Wildman–Crippen LogP) is 4.88. The van der Waals surface area contributed by atoms with Crippen molar-refractivity contribution >= 4 is 0 Å². The summed E-state index contributed by atoms with van der Waals surface area (Å²) in [5, 5.41) is 0. The summed E-state index contributed by atoms with van der Waals surface area (Å²) in [5.41, 5.74) is 5.65. The molecule has 0 unspecified atom stereocenters. The molecule has 0 aliphatic rings. The topological polar surface area (TPSA) is 51.6 Å². The molecule has 0 fully saturated rings. The first-order valence-corrected chi connectivity index (χ1v) is 8.51. The summed E-state index contributed by atoms with van der Waals surface area (Å²) in [6.07, 6.45) is 3.71. The molecule has 4 heteroatoms. The minimum Gasteiger partial charge on any atom is -0.236 e. The van der Waals surface area contributed by atoms with Gasteiger partial charge in [0.2, 0.25) is 0 Å². The van der Waals surface area contributed by atoms with Gasteiger partial charge in [0.15, 0.2) is 11.6 Å². The highest BCUT2D eigenvalue weighted by Gasteiger charge is 2.14. The van der Waals surface area contributed by atoms with Crippen molar-refractivity contribution < 1.29 is 0 Å². The van der Waals surface area contributed by atoms with Gasteiger partial charge in [0.1, 0.15) is 0 Å². The quantitative estimate of drug-likeness (QED) is 0.534. The van der Waals surface area contributed by atoms with Crippen LogP contribution in [0.5, 0.6) is 0 Å². The van der Waals surface area contributed by atoms with Crippen LogP contribution in [-0.2, 0) is 0 Å². The Morgan fingerprint density at radius 3 is 1.31 bits per heavy atom. The maximum atomic E-state index is 4.81. The number of hydrogen-bond donors (Lipinski definition) is 0. The number of rotatable bonds is 3. The molecular formula is C22H18N4. The van der Waals surface area contributed by atoms with Gasteiger partial charge >= 0.3 is 0 Å². The lowest BCUT2D eigenvalue weighted by Gasteiger charge is -2.11. The second-order valence-corrected chi connectivity index (χ2v) is 6.18. The van der Waals surface area contributed by atoms with E-state index in [1.54, 1.807) is 0 Å². The van der Waals surface area contributed by atoms with Crippen molar-refractivity contribution in [2.45, 2.75) is 13.8 Å². The average Bonchev–Trinajstić information content (AvgIpc) is 2.70. The largest absolute Gasteiger partial charge is 0.236 e. The third-order valence-electron chi connectivity index (χ3n) is 4.23. The zero-order chi connectivity index (χ0) is 17.9. The van der Waals surface area contributed by atoms with Crippen molar-refractivity contribution in [1.82, 2.24) is 19.9 Å². The van der Waals surface area contributed by atoms with Crippen LogP contribution in [0.25, 0.3) is 34.2 Å². The van der Waals surface area contributed by atoms with Gasteiger partial charge < -0.3 is 0 Å². The Bertz CT molecular complexity index is 957. The molecule has 0 radical (unpaired) electrons. The van der Waals surface area contributed by atoms with E-state index in [9.17, 15) is 0 Å². The second kappa shape index (κ2) is 6.84. The monoisotopic (exact) mass is 338 g/mol. The first kappa shape index (κ1) is 16.1. The molecule has 0 bridgehead atoms. The van der Waals surface area contributed by atoms with Gasteiger partial charge in [-0.2, -0.15) is 0 Å². The molecule has 0 saturated carbocycles. The first-order chi connectivity index (χ1) is 12.7. The van der Waals surface area contributed by atoms with E-state index >= 15 is 0 Å². The number of benzene rings is 2. The van der Waals surface area contributed by atoms with Crippen molar-refractivity contribution in [3.8, 4) is 34.2 Å². The van der Waals surface area contributed by atoms with Crippen LogP contribution in [0.1, 0.15) is 11.1 Å². The number of aromatic nitrogens is 4. The fourth-order valence-corrected chi connectivity index (χ4v) is 2.82. The van der Waals surface area contributed by atoms with Gasteiger partial charge in [-0.05, 0) is 25.0 Å². The van der Waals surface area contributed by atoms with Crippen molar-refractivity contribution in [1.29, 1.82) is 0 Å². The highest BCUT2D eigenvalue weighted by molar-refractivity contribution is 5.68. The summed E-state index contributed by atoms with van der Waals surface area (Å²) < 4.78 is 0. The van der Waals surface area contributed by atoms with Crippen LogP contribution in [0.4, 0.5) is 0 Å². The lowest BCUT2D eigenvalue weighted by Crippen LogP contribution is -2.01. The van der Waals surface area contributed by atoms with Crippen molar-refractivity contribution in [2.75, 3.05) is 0 Å². The minimum atomic E-state index is 0.700. The maximum absolute atomic E-state index is 4.81. The Morgan fingerprint density at radius 2 is 0.923 bits per heavy atom. The molecule has 2 aromatic carbocycles. The van der Waals surface area contributed by atoms with E-state index in [1.807, 2.05) is 86.9 Å². The molecular weight excluding hydrogens is 320 g/mol. The smallest absolute Gasteiger partial charge is 0.159 e. The summed E-state index contributed by atoms with van der Waals surface area (Å²) in [4.78, 5) is 18.6. The highest BCUT2D eigenvalue weighted by Crippen LogP contribution is 2.26. The lowest BCUT2D eigenvalue weighted by atomic mass is 10.1. The fraction of sp³-hybridized carbons (Fsp3) is 0.0909. The molecule has 0 amide bonds. The van der Waals surface area contributed by atoms with E-state index < -0.39 is 0 Å². The van der Waals surface area contributed by atoms with E-state index in [2.05, 4.69) is 9.97 Å². The molecule has 4 nitrogen and oxygen atoms in total. The fourth-order valence-electron chi connectivity index (χ4n) is 2.82. The third-order valence-corrected chi connectivity index (χ3v) is 4.23. The molecule has 2 aromatic heterocycles. The van der Waals surface area contributed by atoms with E-state index in [0.29, 0.717) is 11.6 Å². The molecule has 0 aliphatic carbocycles. The van der Waals surface area contributed by atoms with Crippen molar-refractivity contribution in [3.63, 3.8) is 0 Å². The lowest BCUT2D eigenvalue weighted by molar-refractivity contribution is 1.09. The minimum absolute atomic E-state index is 0.700. The molecule has 2 heterocycles. The highest BCUT2D eigenvalue weighted by atomic mass is 14.9.